The summed E-state index contributed by atoms with van der Waals surface area (Å²) < 4.78 is 15.8. The molecule has 4 rings (SSSR count). The molecule has 0 bridgehead atoms. The highest BCUT2D eigenvalue weighted by Gasteiger charge is 2.26. The lowest BCUT2D eigenvalue weighted by Crippen LogP contribution is -2.12. The van der Waals surface area contributed by atoms with Crippen LogP contribution in [0.25, 0.3) is 27.5 Å². The Hall–Kier alpha value is -2.29. The zero-order chi connectivity index (χ0) is 20.1. The first-order valence-corrected chi connectivity index (χ1v) is 11.9. The molecule has 4 aromatic rings. The van der Waals surface area contributed by atoms with Gasteiger partial charge < -0.3 is 14.6 Å². The lowest BCUT2D eigenvalue weighted by Gasteiger charge is -2.29. The molecule has 3 N–H and O–H groups in total. The standard InChI is InChI=1S/C20H23BFN3O2S/c1-28(2,3)20-16(8-9-21(26)27)17-11-18-13(12-23-24-18)10-19(17)25(20)15-6-4-14(22)5-7-15/h4-7,10-12,26-27H,8-9H2,1-3H3,(H,23,24). The third-order valence-corrected chi connectivity index (χ3v) is 6.49. The second-order valence-corrected chi connectivity index (χ2v) is 11.8. The van der Waals surface area contributed by atoms with Gasteiger partial charge in [-0.1, -0.05) is 0 Å². The van der Waals surface area contributed by atoms with Crippen molar-refractivity contribution in [3.05, 3.63) is 54.0 Å². The molecular weight excluding hydrogens is 376 g/mol. The van der Waals surface area contributed by atoms with Gasteiger partial charge in [0.2, 0.25) is 0 Å². The summed E-state index contributed by atoms with van der Waals surface area (Å²) in [7, 11) is -2.55. The van der Waals surface area contributed by atoms with E-state index >= 15 is 0 Å². The van der Waals surface area contributed by atoms with E-state index in [-0.39, 0.29) is 12.1 Å². The summed E-state index contributed by atoms with van der Waals surface area (Å²) in [5.74, 6) is -0.272. The Morgan fingerprint density at radius 1 is 1.14 bits per heavy atom. The Balaban J connectivity index is 2.10. The van der Waals surface area contributed by atoms with Crippen molar-refractivity contribution in [2.75, 3.05) is 18.8 Å². The number of hydrogen-bond acceptors (Lipinski definition) is 3. The van der Waals surface area contributed by atoms with E-state index in [1.165, 1.54) is 12.1 Å². The van der Waals surface area contributed by atoms with Crippen LogP contribution in [0.15, 0.2) is 47.6 Å². The molecule has 0 radical (unpaired) electrons. The molecule has 2 aromatic heterocycles. The number of H-pyrrole nitrogens is 1. The predicted octanol–water partition coefficient (Wildman–Crippen LogP) is 3.71. The number of hydrogen-bond donors (Lipinski definition) is 3. The Labute approximate surface area is 164 Å². The molecule has 0 fully saturated rings. The van der Waals surface area contributed by atoms with Crippen LogP contribution < -0.4 is 0 Å². The van der Waals surface area contributed by atoms with Crippen LogP contribution in [-0.4, -0.2) is 50.7 Å². The summed E-state index contributed by atoms with van der Waals surface area (Å²) >= 11 is 0. The van der Waals surface area contributed by atoms with E-state index in [1.807, 2.05) is 0 Å². The van der Waals surface area contributed by atoms with Crippen LogP contribution in [0.5, 0.6) is 0 Å². The Bertz CT molecular complexity index is 1150. The van der Waals surface area contributed by atoms with Gasteiger partial charge in [-0.15, -0.1) is 0 Å². The van der Waals surface area contributed by atoms with Crippen molar-refractivity contribution in [1.82, 2.24) is 14.8 Å². The van der Waals surface area contributed by atoms with Crippen LogP contribution in [0, 0.1) is 5.82 Å². The summed E-state index contributed by atoms with van der Waals surface area (Å²) in [6, 6.07) is 10.7. The maximum atomic E-state index is 13.6. The molecule has 0 atom stereocenters. The van der Waals surface area contributed by atoms with Gasteiger partial charge >= 0.3 is 7.12 Å². The number of fused-ring (bicyclic) bond motifs is 2. The van der Waals surface area contributed by atoms with E-state index in [4.69, 9.17) is 0 Å². The highest BCUT2D eigenvalue weighted by atomic mass is 32.3. The quantitative estimate of drug-likeness (QED) is 0.448. The largest absolute Gasteiger partial charge is 0.451 e. The van der Waals surface area contributed by atoms with Gasteiger partial charge in [0.15, 0.2) is 0 Å². The summed E-state index contributed by atoms with van der Waals surface area (Å²) in [6.07, 6.45) is 9.24. The predicted molar refractivity (Wildman–Crippen MR) is 115 cm³/mol. The molecule has 0 unspecified atom stereocenters. The topological polar surface area (TPSA) is 74.1 Å². The smallest absolute Gasteiger partial charge is 0.427 e. The molecule has 0 amide bonds. The number of aromatic amines is 1. The first kappa shape index (κ1) is 19.0. The second kappa shape index (κ2) is 6.95. The normalized spacial score (nSPS) is 12.8. The van der Waals surface area contributed by atoms with E-state index in [9.17, 15) is 14.4 Å². The van der Waals surface area contributed by atoms with Crippen molar-refractivity contribution in [3.8, 4) is 5.69 Å². The molecule has 0 aliphatic carbocycles. The van der Waals surface area contributed by atoms with E-state index in [0.717, 1.165) is 38.1 Å². The average Bonchev–Trinajstić information content (AvgIpc) is 3.20. The number of benzene rings is 2. The molecule has 0 spiro atoms. The minimum absolute atomic E-state index is 0.256. The number of halogens is 1. The van der Waals surface area contributed by atoms with Gasteiger partial charge in [0.05, 0.1) is 22.3 Å². The van der Waals surface area contributed by atoms with E-state index in [1.54, 1.807) is 18.3 Å². The maximum Gasteiger partial charge on any atom is 0.451 e. The zero-order valence-electron chi connectivity index (χ0n) is 16.1. The molecule has 0 aliphatic heterocycles. The minimum Gasteiger partial charge on any atom is -0.427 e. The molecule has 0 saturated carbocycles. The summed E-state index contributed by atoms with van der Waals surface area (Å²) in [5.41, 5.74) is 3.94. The fourth-order valence-electron chi connectivity index (χ4n) is 3.77. The molecule has 5 nitrogen and oxygen atoms in total. The highest BCUT2D eigenvalue weighted by Crippen LogP contribution is 2.52. The van der Waals surface area contributed by atoms with E-state index < -0.39 is 17.1 Å². The van der Waals surface area contributed by atoms with Crippen molar-refractivity contribution in [1.29, 1.82) is 0 Å². The van der Waals surface area contributed by atoms with Crippen LogP contribution in [0.4, 0.5) is 4.39 Å². The van der Waals surface area contributed by atoms with E-state index in [0.29, 0.717) is 6.42 Å². The maximum absolute atomic E-state index is 13.6. The van der Waals surface area contributed by atoms with Gasteiger partial charge in [0, 0.05) is 16.5 Å². The Kier molecular flexibility index (Phi) is 4.73. The lowest BCUT2D eigenvalue weighted by molar-refractivity contribution is 0.405. The highest BCUT2D eigenvalue weighted by molar-refractivity contribution is 8.32. The Morgan fingerprint density at radius 2 is 1.86 bits per heavy atom. The van der Waals surface area contributed by atoms with Crippen molar-refractivity contribution >= 4 is 39.0 Å². The summed E-state index contributed by atoms with van der Waals surface area (Å²) in [5, 5.41) is 29.3. The van der Waals surface area contributed by atoms with Gasteiger partial charge in [0.1, 0.15) is 5.82 Å². The SMILES string of the molecule is CS(C)(C)c1c(CCB(O)O)c2cc3[nH]ncc3cc2n1-c1ccc(F)cc1. The molecule has 2 heterocycles. The first-order valence-electron chi connectivity index (χ1n) is 9.06. The average molecular weight is 399 g/mol. The lowest BCUT2D eigenvalue weighted by atomic mass is 9.83. The van der Waals surface area contributed by atoms with Crippen LogP contribution in [0.3, 0.4) is 0 Å². The van der Waals surface area contributed by atoms with Gasteiger partial charge in [-0.25, -0.2) is 14.4 Å². The van der Waals surface area contributed by atoms with Gasteiger partial charge in [-0.2, -0.15) is 5.10 Å². The number of rotatable bonds is 5. The van der Waals surface area contributed by atoms with Gasteiger partial charge in [0.25, 0.3) is 0 Å². The van der Waals surface area contributed by atoms with Crippen molar-refractivity contribution in [3.63, 3.8) is 0 Å². The number of nitrogens with zero attached hydrogens (tertiary/aromatic N) is 2. The molecule has 146 valence electrons. The van der Waals surface area contributed by atoms with Crippen LogP contribution in [0.1, 0.15) is 5.56 Å². The van der Waals surface area contributed by atoms with Crippen LogP contribution in [-0.2, 0) is 6.42 Å². The third-order valence-electron chi connectivity index (χ3n) is 4.90. The third kappa shape index (κ3) is 3.32. The van der Waals surface area contributed by atoms with Gasteiger partial charge in [-0.05, 0) is 73.5 Å². The van der Waals surface area contributed by atoms with Crippen molar-refractivity contribution in [2.45, 2.75) is 17.8 Å². The van der Waals surface area contributed by atoms with E-state index in [2.05, 4.69) is 45.7 Å². The summed E-state index contributed by atoms with van der Waals surface area (Å²) in [6.45, 7) is 0. The first-order chi connectivity index (χ1) is 13.3. The van der Waals surface area contributed by atoms with Gasteiger partial charge in [-0.3, -0.25) is 5.10 Å². The minimum atomic E-state index is -1.36. The van der Waals surface area contributed by atoms with Crippen molar-refractivity contribution in [2.24, 2.45) is 0 Å². The zero-order valence-corrected chi connectivity index (χ0v) is 16.9. The molecule has 2 aromatic carbocycles. The fourth-order valence-corrected chi connectivity index (χ4v) is 5.47. The number of nitrogens with one attached hydrogen (secondary N) is 1. The fraction of sp³-hybridized carbons (Fsp3) is 0.250. The van der Waals surface area contributed by atoms with Crippen LogP contribution in [0.2, 0.25) is 6.32 Å². The molecular formula is C20H23BFN3O2S. The van der Waals surface area contributed by atoms with Crippen LogP contribution >= 0.6 is 10.0 Å². The molecule has 0 saturated heterocycles. The monoisotopic (exact) mass is 399 g/mol. The number of aryl methyl sites for hydroxylation is 1. The Morgan fingerprint density at radius 3 is 2.50 bits per heavy atom. The second-order valence-electron chi connectivity index (χ2n) is 7.78. The molecule has 28 heavy (non-hydrogen) atoms. The number of aromatic nitrogens is 3. The molecule has 8 heteroatoms. The van der Waals surface area contributed by atoms with Crippen molar-refractivity contribution < 1.29 is 14.4 Å². The summed E-state index contributed by atoms with van der Waals surface area (Å²) in [4.78, 5) is 0. The molecule has 0 aliphatic rings.